The van der Waals surface area contributed by atoms with E-state index in [9.17, 15) is 15.0 Å². The molecule has 0 bridgehead atoms. The summed E-state index contributed by atoms with van der Waals surface area (Å²) in [5, 5.41) is 21.4. The Kier molecular flexibility index (Phi) is 4.28. The molecule has 2 aliphatic rings. The number of hydrogen-bond donors (Lipinski definition) is 2. The molecule has 2 atom stereocenters. The largest absolute Gasteiger partial charge is 0.383 e. The lowest BCUT2D eigenvalue weighted by Crippen LogP contribution is -2.47. The van der Waals surface area contributed by atoms with Crippen molar-refractivity contribution in [3.05, 3.63) is 29.3 Å². The first-order chi connectivity index (χ1) is 11.6. The average Bonchev–Trinajstić information content (AvgIpc) is 3.12. The molecular formula is C18H22N2O3S. The summed E-state index contributed by atoms with van der Waals surface area (Å²) in [6.07, 6.45) is 3.59. The van der Waals surface area contributed by atoms with Crippen molar-refractivity contribution in [2.24, 2.45) is 0 Å². The van der Waals surface area contributed by atoms with Gasteiger partial charge in [-0.2, -0.15) is 0 Å². The minimum Gasteiger partial charge on any atom is -0.383 e. The fourth-order valence-corrected chi connectivity index (χ4v) is 4.62. The van der Waals surface area contributed by atoms with Crippen molar-refractivity contribution in [2.45, 2.75) is 62.8 Å². The first-order valence-electron chi connectivity index (χ1n) is 8.69. The van der Waals surface area contributed by atoms with Crippen molar-refractivity contribution in [1.29, 1.82) is 0 Å². The van der Waals surface area contributed by atoms with Crippen LogP contribution in [-0.2, 0) is 4.79 Å². The summed E-state index contributed by atoms with van der Waals surface area (Å²) in [5.41, 5.74) is 0.783. The predicted molar refractivity (Wildman–Crippen MR) is 92.7 cm³/mol. The van der Waals surface area contributed by atoms with Crippen LogP contribution in [-0.4, -0.2) is 44.2 Å². The van der Waals surface area contributed by atoms with Gasteiger partial charge in [-0.1, -0.05) is 25.0 Å². The number of hydrogen-bond acceptors (Lipinski definition) is 5. The van der Waals surface area contributed by atoms with Gasteiger partial charge in [0.05, 0.1) is 10.2 Å². The first kappa shape index (κ1) is 16.0. The minimum atomic E-state index is -1.44. The maximum atomic E-state index is 12.8. The van der Waals surface area contributed by atoms with Gasteiger partial charge in [-0.15, -0.1) is 11.3 Å². The van der Waals surface area contributed by atoms with Crippen LogP contribution in [0.2, 0.25) is 0 Å². The van der Waals surface area contributed by atoms with Crippen molar-refractivity contribution in [3.63, 3.8) is 0 Å². The Morgan fingerprint density at radius 3 is 2.46 bits per heavy atom. The third kappa shape index (κ3) is 2.94. The molecule has 1 aromatic heterocycles. The number of para-hydroxylation sites is 1. The zero-order valence-corrected chi connectivity index (χ0v) is 14.3. The highest BCUT2D eigenvalue weighted by molar-refractivity contribution is 7.18. The molecule has 128 valence electrons. The van der Waals surface area contributed by atoms with Crippen LogP contribution in [0.3, 0.4) is 0 Å². The van der Waals surface area contributed by atoms with Crippen LogP contribution < -0.4 is 0 Å². The number of aromatic nitrogens is 1. The monoisotopic (exact) mass is 346 g/mol. The van der Waals surface area contributed by atoms with E-state index >= 15 is 0 Å². The number of fused-ring (bicyclic) bond motifs is 1. The summed E-state index contributed by atoms with van der Waals surface area (Å²) in [4.78, 5) is 19.1. The number of nitrogens with zero attached hydrogens (tertiary/aromatic N) is 2. The molecule has 2 unspecified atom stereocenters. The van der Waals surface area contributed by atoms with E-state index in [2.05, 4.69) is 4.98 Å². The SMILES string of the molecule is O=C(C(O)C(O)c1nc2ccccc2s1)N(C1CCCC1)C1CC1. The molecule has 2 N–H and O–H groups in total. The van der Waals surface area contributed by atoms with Gasteiger partial charge in [0.15, 0.2) is 6.10 Å². The lowest BCUT2D eigenvalue weighted by molar-refractivity contribution is -0.149. The van der Waals surface area contributed by atoms with E-state index in [1.807, 2.05) is 29.2 Å². The van der Waals surface area contributed by atoms with E-state index in [1.54, 1.807) is 0 Å². The predicted octanol–water partition coefficient (Wildman–Crippen LogP) is 2.62. The summed E-state index contributed by atoms with van der Waals surface area (Å²) < 4.78 is 0.945. The third-order valence-corrected chi connectivity index (χ3v) is 6.14. The number of carbonyl (C=O) groups is 1. The Hall–Kier alpha value is -1.50. The van der Waals surface area contributed by atoms with Gasteiger partial charge in [0.1, 0.15) is 11.1 Å². The molecule has 0 aliphatic heterocycles. The normalized spacial score (nSPS) is 21.1. The van der Waals surface area contributed by atoms with E-state index in [-0.39, 0.29) is 18.0 Å². The molecule has 0 radical (unpaired) electrons. The quantitative estimate of drug-likeness (QED) is 0.873. The van der Waals surface area contributed by atoms with Gasteiger partial charge >= 0.3 is 0 Å². The van der Waals surface area contributed by atoms with Crippen molar-refractivity contribution in [2.75, 3.05) is 0 Å². The van der Waals surface area contributed by atoms with Crippen LogP contribution in [0, 0.1) is 0 Å². The van der Waals surface area contributed by atoms with Crippen LogP contribution >= 0.6 is 11.3 Å². The maximum Gasteiger partial charge on any atom is 0.255 e. The maximum absolute atomic E-state index is 12.8. The van der Waals surface area contributed by atoms with Gasteiger partial charge in [0.25, 0.3) is 5.91 Å². The number of aliphatic hydroxyl groups excluding tert-OH is 2. The van der Waals surface area contributed by atoms with E-state index in [0.29, 0.717) is 5.01 Å². The lowest BCUT2D eigenvalue weighted by Gasteiger charge is -2.32. The van der Waals surface area contributed by atoms with Gasteiger partial charge in [-0.25, -0.2) is 4.98 Å². The molecule has 0 saturated heterocycles. The molecule has 6 heteroatoms. The topological polar surface area (TPSA) is 73.7 Å². The number of rotatable bonds is 5. The summed E-state index contributed by atoms with van der Waals surface area (Å²) >= 11 is 1.33. The Morgan fingerprint density at radius 2 is 1.79 bits per heavy atom. The minimum absolute atomic E-state index is 0.224. The fraction of sp³-hybridized carbons (Fsp3) is 0.556. The first-order valence-corrected chi connectivity index (χ1v) is 9.50. The number of carbonyl (C=O) groups excluding carboxylic acids is 1. The molecule has 24 heavy (non-hydrogen) atoms. The summed E-state index contributed by atoms with van der Waals surface area (Å²) in [6.45, 7) is 0. The molecule has 2 aromatic rings. The molecular weight excluding hydrogens is 324 g/mol. The molecule has 2 aliphatic carbocycles. The van der Waals surface area contributed by atoms with Crippen LogP contribution in [0.15, 0.2) is 24.3 Å². The molecule has 5 nitrogen and oxygen atoms in total. The third-order valence-electron chi connectivity index (χ3n) is 5.03. The van der Waals surface area contributed by atoms with Crippen LogP contribution in [0.5, 0.6) is 0 Å². The van der Waals surface area contributed by atoms with Crippen molar-refractivity contribution < 1.29 is 15.0 Å². The van der Waals surface area contributed by atoms with Gasteiger partial charge in [0, 0.05) is 12.1 Å². The van der Waals surface area contributed by atoms with Crippen LogP contribution in [0.25, 0.3) is 10.2 Å². The highest BCUT2D eigenvalue weighted by Gasteiger charge is 2.42. The van der Waals surface area contributed by atoms with E-state index in [0.717, 1.165) is 48.7 Å². The Labute approximate surface area is 144 Å². The highest BCUT2D eigenvalue weighted by atomic mass is 32.1. The summed E-state index contributed by atoms with van der Waals surface area (Å²) in [6, 6.07) is 8.06. The fourth-order valence-electron chi connectivity index (χ4n) is 3.63. The second kappa shape index (κ2) is 6.43. The van der Waals surface area contributed by atoms with Gasteiger partial charge in [0.2, 0.25) is 0 Å². The average molecular weight is 346 g/mol. The summed E-state index contributed by atoms with van der Waals surface area (Å²) in [7, 11) is 0. The van der Waals surface area contributed by atoms with E-state index in [4.69, 9.17) is 0 Å². The van der Waals surface area contributed by atoms with Gasteiger partial charge < -0.3 is 15.1 Å². The van der Waals surface area contributed by atoms with Crippen molar-refractivity contribution in [1.82, 2.24) is 9.88 Å². The number of thiazole rings is 1. The molecule has 2 saturated carbocycles. The molecule has 4 rings (SSSR count). The lowest BCUT2D eigenvalue weighted by atomic mass is 10.1. The number of amides is 1. The number of aliphatic hydroxyl groups is 2. The molecule has 1 aromatic carbocycles. The molecule has 2 fully saturated rings. The van der Waals surface area contributed by atoms with E-state index in [1.165, 1.54) is 11.3 Å². The molecule has 0 spiro atoms. The van der Waals surface area contributed by atoms with Crippen LogP contribution in [0.1, 0.15) is 49.6 Å². The zero-order valence-electron chi connectivity index (χ0n) is 13.5. The highest BCUT2D eigenvalue weighted by Crippen LogP contribution is 2.36. The Balaban J connectivity index is 1.54. The standard InChI is InChI=1S/C18H22N2O3S/c21-15(17-19-13-7-3-4-8-14(13)24-17)16(22)18(23)20(12-9-10-12)11-5-1-2-6-11/h3-4,7-8,11-12,15-16,21-22H,1-2,5-6,9-10H2. The smallest absolute Gasteiger partial charge is 0.255 e. The Bertz CT molecular complexity index is 704. The van der Waals surface area contributed by atoms with Crippen molar-refractivity contribution in [3.8, 4) is 0 Å². The van der Waals surface area contributed by atoms with Crippen molar-refractivity contribution >= 4 is 27.5 Å². The van der Waals surface area contributed by atoms with E-state index < -0.39 is 12.2 Å². The second-order valence-electron chi connectivity index (χ2n) is 6.82. The van der Waals surface area contributed by atoms with Gasteiger partial charge in [-0.3, -0.25) is 4.79 Å². The van der Waals surface area contributed by atoms with Crippen LogP contribution in [0.4, 0.5) is 0 Å². The Morgan fingerprint density at radius 1 is 1.12 bits per heavy atom. The van der Waals surface area contributed by atoms with Gasteiger partial charge in [-0.05, 0) is 37.8 Å². The number of benzene rings is 1. The molecule has 1 heterocycles. The molecule has 1 amide bonds. The summed E-state index contributed by atoms with van der Waals surface area (Å²) in [5.74, 6) is -0.337. The second-order valence-corrected chi connectivity index (χ2v) is 7.89. The zero-order chi connectivity index (χ0) is 16.7.